The van der Waals surface area contributed by atoms with E-state index < -0.39 is 0 Å². The molecule has 88 valence electrons. The maximum absolute atomic E-state index is 4.28. The Morgan fingerprint density at radius 3 is 2.62 bits per heavy atom. The minimum Gasteiger partial charge on any atom is -0.333 e. The summed E-state index contributed by atoms with van der Waals surface area (Å²) in [4.78, 5) is 4.28. The van der Waals surface area contributed by atoms with Gasteiger partial charge < -0.3 is 9.88 Å². The highest BCUT2D eigenvalue weighted by Gasteiger charge is 2.41. The van der Waals surface area contributed by atoms with Crippen molar-refractivity contribution >= 4 is 0 Å². The Balaban J connectivity index is 1.68. The Kier molecular flexibility index (Phi) is 2.72. The predicted molar refractivity (Wildman–Crippen MR) is 63.9 cm³/mol. The van der Waals surface area contributed by atoms with Gasteiger partial charge in [-0.1, -0.05) is 0 Å². The second kappa shape index (κ2) is 4.21. The largest absolute Gasteiger partial charge is 0.333 e. The third kappa shape index (κ3) is 2.14. The smallest absolute Gasteiger partial charge is 0.0948 e. The molecule has 0 atom stereocenters. The number of hydrogen-bond acceptors (Lipinski definition) is 2. The van der Waals surface area contributed by atoms with Crippen molar-refractivity contribution in [2.75, 3.05) is 7.05 Å². The topological polar surface area (TPSA) is 29.9 Å². The molecule has 1 aromatic rings. The van der Waals surface area contributed by atoms with Crippen LogP contribution >= 0.6 is 0 Å². The molecule has 0 aliphatic heterocycles. The standard InChI is InChI=1S/C13H21N3/c1-14-6-12-7-15-9-16(12)8-13(10-2-3-10)11-4-5-11/h7,9-11,13-14H,2-6,8H2,1H3. The summed E-state index contributed by atoms with van der Waals surface area (Å²) in [7, 11) is 2.00. The predicted octanol–water partition coefficient (Wildman–Crippen LogP) is 2.04. The molecule has 2 aliphatic rings. The van der Waals surface area contributed by atoms with Gasteiger partial charge in [0.1, 0.15) is 0 Å². The van der Waals surface area contributed by atoms with E-state index in [1.54, 1.807) is 0 Å². The van der Waals surface area contributed by atoms with Crippen LogP contribution < -0.4 is 5.32 Å². The number of rotatable bonds is 6. The molecule has 0 aromatic carbocycles. The van der Waals surface area contributed by atoms with Gasteiger partial charge in [-0.05, 0) is 50.5 Å². The van der Waals surface area contributed by atoms with Gasteiger partial charge in [0, 0.05) is 19.3 Å². The lowest BCUT2D eigenvalue weighted by Crippen LogP contribution is -2.18. The summed E-state index contributed by atoms with van der Waals surface area (Å²) in [5.41, 5.74) is 1.33. The molecule has 1 aromatic heterocycles. The second-order valence-corrected chi connectivity index (χ2v) is 5.41. The van der Waals surface area contributed by atoms with Crippen molar-refractivity contribution < 1.29 is 0 Å². The Labute approximate surface area is 97.3 Å². The molecule has 1 heterocycles. The van der Waals surface area contributed by atoms with Crippen molar-refractivity contribution in [3.63, 3.8) is 0 Å². The minimum absolute atomic E-state index is 0.933. The lowest BCUT2D eigenvalue weighted by Gasteiger charge is -2.17. The molecule has 2 aliphatic carbocycles. The molecule has 0 bridgehead atoms. The molecule has 0 radical (unpaired) electrons. The first-order chi connectivity index (χ1) is 7.88. The fourth-order valence-corrected chi connectivity index (χ4v) is 2.80. The number of imidazole rings is 1. The third-order valence-electron chi connectivity index (χ3n) is 4.02. The fourth-order valence-electron chi connectivity index (χ4n) is 2.80. The molecule has 0 amide bonds. The van der Waals surface area contributed by atoms with Gasteiger partial charge in [0.05, 0.1) is 12.0 Å². The lowest BCUT2D eigenvalue weighted by atomic mass is 9.98. The quantitative estimate of drug-likeness (QED) is 0.793. The van der Waals surface area contributed by atoms with E-state index in [4.69, 9.17) is 0 Å². The van der Waals surface area contributed by atoms with Gasteiger partial charge in [0.15, 0.2) is 0 Å². The van der Waals surface area contributed by atoms with Crippen molar-refractivity contribution in [3.8, 4) is 0 Å². The second-order valence-electron chi connectivity index (χ2n) is 5.41. The highest BCUT2D eigenvalue weighted by Crippen LogP contribution is 2.49. The number of nitrogens with one attached hydrogen (secondary N) is 1. The summed E-state index contributed by atoms with van der Waals surface area (Å²) in [6.07, 6.45) is 9.88. The molecule has 0 spiro atoms. The number of aromatic nitrogens is 2. The van der Waals surface area contributed by atoms with Crippen LogP contribution in [0.2, 0.25) is 0 Å². The molecule has 3 heteroatoms. The van der Waals surface area contributed by atoms with Gasteiger partial charge in [-0.3, -0.25) is 0 Å². The van der Waals surface area contributed by atoms with Crippen LogP contribution in [-0.2, 0) is 13.1 Å². The van der Waals surface area contributed by atoms with Gasteiger partial charge in [0.25, 0.3) is 0 Å². The zero-order chi connectivity index (χ0) is 11.0. The lowest BCUT2D eigenvalue weighted by molar-refractivity contribution is 0.344. The Morgan fingerprint density at radius 2 is 2.06 bits per heavy atom. The fraction of sp³-hybridized carbons (Fsp3) is 0.769. The Morgan fingerprint density at radius 1 is 1.38 bits per heavy atom. The molecule has 3 rings (SSSR count). The maximum atomic E-state index is 4.28. The van der Waals surface area contributed by atoms with E-state index in [-0.39, 0.29) is 0 Å². The van der Waals surface area contributed by atoms with Crippen LogP contribution in [0.5, 0.6) is 0 Å². The molecule has 1 N–H and O–H groups in total. The highest BCUT2D eigenvalue weighted by molar-refractivity contribution is 5.00. The molecule has 2 saturated carbocycles. The van der Waals surface area contributed by atoms with Crippen molar-refractivity contribution in [3.05, 3.63) is 18.2 Å². The van der Waals surface area contributed by atoms with Gasteiger partial charge in [-0.15, -0.1) is 0 Å². The third-order valence-corrected chi connectivity index (χ3v) is 4.02. The first-order valence-corrected chi connectivity index (χ1v) is 6.52. The van der Waals surface area contributed by atoms with Crippen LogP contribution in [0.25, 0.3) is 0 Å². The summed E-state index contributed by atoms with van der Waals surface area (Å²) >= 11 is 0. The first kappa shape index (κ1) is 10.3. The van der Waals surface area contributed by atoms with E-state index in [9.17, 15) is 0 Å². The number of hydrogen-bond donors (Lipinski definition) is 1. The van der Waals surface area contributed by atoms with Crippen molar-refractivity contribution in [2.45, 2.75) is 38.8 Å². The van der Waals surface area contributed by atoms with Crippen molar-refractivity contribution in [2.24, 2.45) is 17.8 Å². The highest BCUT2D eigenvalue weighted by atomic mass is 15.1. The van der Waals surface area contributed by atoms with Crippen LogP contribution in [0.15, 0.2) is 12.5 Å². The van der Waals surface area contributed by atoms with Crippen LogP contribution in [0.4, 0.5) is 0 Å². The monoisotopic (exact) mass is 219 g/mol. The van der Waals surface area contributed by atoms with Crippen molar-refractivity contribution in [1.82, 2.24) is 14.9 Å². The average Bonchev–Trinajstić information content (AvgIpc) is 3.18. The van der Waals surface area contributed by atoms with E-state index in [1.807, 2.05) is 19.6 Å². The molecular formula is C13H21N3. The summed E-state index contributed by atoms with van der Waals surface area (Å²) in [6.45, 7) is 2.13. The van der Waals surface area contributed by atoms with Gasteiger partial charge >= 0.3 is 0 Å². The summed E-state index contributed by atoms with van der Waals surface area (Å²) in [5, 5.41) is 3.21. The maximum Gasteiger partial charge on any atom is 0.0948 e. The summed E-state index contributed by atoms with van der Waals surface area (Å²) in [6, 6.07) is 0. The average molecular weight is 219 g/mol. The van der Waals surface area contributed by atoms with Crippen LogP contribution in [-0.4, -0.2) is 16.6 Å². The minimum atomic E-state index is 0.933. The van der Waals surface area contributed by atoms with E-state index in [0.29, 0.717) is 0 Å². The SMILES string of the molecule is CNCc1cncn1CC(C1CC1)C1CC1. The summed E-state index contributed by atoms with van der Waals surface area (Å²) < 4.78 is 2.36. The van der Waals surface area contributed by atoms with Crippen LogP contribution in [0, 0.1) is 17.8 Å². The molecule has 16 heavy (non-hydrogen) atoms. The Bertz CT molecular complexity index is 338. The van der Waals surface area contributed by atoms with Gasteiger partial charge in [-0.25, -0.2) is 4.98 Å². The van der Waals surface area contributed by atoms with Crippen LogP contribution in [0.3, 0.4) is 0 Å². The zero-order valence-electron chi connectivity index (χ0n) is 10.0. The molecule has 3 nitrogen and oxygen atoms in total. The van der Waals surface area contributed by atoms with Crippen molar-refractivity contribution in [1.29, 1.82) is 0 Å². The van der Waals surface area contributed by atoms with E-state index in [0.717, 1.165) is 24.3 Å². The molecule has 0 unspecified atom stereocenters. The van der Waals surface area contributed by atoms with Crippen LogP contribution in [0.1, 0.15) is 31.4 Å². The van der Waals surface area contributed by atoms with E-state index in [2.05, 4.69) is 14.9 Å². The molecular weight excluding hydrogens is 198 g/mol. The first-order valence-electron chi connectivity index (χ1n) is 6.52. The van der Waals surface area contributed by atoms with Gasteiger partial charge in [-0.2, -0.15) is 0 Å². The molecule has 0 saturated heterocycles. The normalized spacial score (nSPS) is 20.6. The van der Waals surface area contributed by atoms with Gasteiger partial charge in [0.2, 0.25) is 0 Å². The number of nitrogens with zero attached hydrogens (tertiary/aromatic N) is 2. The zero-order valence-corrected chi connectivity index (χ0v) is 10.0. The Hall–Kier alpha value is -0.830. The van der Waals surface area contributed by atoms with E-state index in [1.165, 1.54) is 37.9 Å². The summed E-state index contributed by atoms with van der Waals surface area (Å²) in [5.74, 6) is 2.99. The molecule has 2 fully saturated rings. The van der Waals surface area contributed by atoms with E-state index >= 15 is 0 Å².